The number of para-hydroxylation sites is 1. The van der Waals surface area contributed by atoms with E-state index in [0.29, 0.717) is 21.5 Å². The van der Waals surface area contributed by atoms with Gasteiger partial charge in [-0.3, -0.25) is 4.79 Å². The lowest BCUT2D eigenvalue weighted by Gasteiger charge is -2.19. The van der Waals surface area contributed by atoms with Crippen molar-refractivity contribution in [3.63, 3.8) is 0 Å². The number of carboxylic acid groups (broad SMARTS) is 1. The summed E-state index contributed by atoms with van der Waals surface area (Å²) in [6.45, 7) is 0. The van der Waals surface area contributed by atoms with Gasteiger partial charge in [0.2, 0.25) is 0 Å². The van der Waals surface area contributed by atoms with Gasteiger partial charge in [0.25, 0.3) is 5.91 Å². The van der Waals surface area contributed by atoms with Crippen molar-refractivity contribution >= 4 is 40.6 Å². The summed E-state index contributed by atoms with van der Waals surface area (Å²) in [4.78, 5) is 29.5. The Labute approximate surface area is 148 Å². The number of anilines is 1. The van der Waals surface area contributed by atoms with E-state index in [1.165, 1.54) is 17.8 Å². The number of rotatable bonds is 4. The van der Waals surface area contributed by atoms with E-state index >= 15 is 0 Å². The molecule has 1 amide bonds. The topological polar surface area (TPSA) is 83.1 Å². The Kier molecular flexibility index (Phi) is 4.85. The van der Waals surface area contributed by atoms with E-state index in [9.17, 15) is 14.7 Å². The summed E-state index contributed by atoms with van der Waals surface area (Å²) < 4.78 is 5.18. The summed E-state index contributed by atoms with van der Waals surface area (Å²) in [5.41, 5.74) is 0.623. The van der Waals surface area contributed by atoms with E-state index in [-0.39, 0.29) is 11.5 Å². The van der Waals surface area contributed by atoms with Crippen LogP contribution < -0.4 is 4.90 Å². The number of benzene rings is 1. The second-order valence-electron chi connectivity index (χ2n) is 5.09. The fourth-order valence-electron chi connectivity index (χ4n) is 2.22. The summed E-state index contributed by atoms with van der Waals surface area (Å²) in [5.74, 6) is -0.709. The van der Waals surface area contributed by atoms with Gasteiger partial charge < -0.3 is 14.4 Å². The molecule has 0 spiro atoms. The minimum absolute atomic E-state index is 0.149. The average molecular weight is 354 g/mol. The molecule has 0 saturated carbocycles. The summed E-state index contributed by atoms with van der Waals surface area (Å²) >= 11 is 1.19. The lowest BCUT2D eigenvalue weighted by molar-refractivity contribution is -0.113. The van der Waals surface area contributed by atoms with Gasteiger partial charge in [0.1, 0.15) is 5.76 Å². The standard InChI is InChI=1S/C18H14N2O4S/c1-20(14-9-3-2-8-13(14)17(22)23)18-19-16(21)15(25-18)10-4-6-12-7-5-11-24-12/h2-11H,1H3,(H,22,23)/b6-4+,15-10+. The number of furan rings is 1. The van der Waals surface area contributed by atoms with Crippen LogP contribution >= 0.6 is 11.8 Å². The van der Waals surface area contributed by atoms with Crippen molar-refractivity contribution in [2.24, 2.45) is 4.99 Å². The van der Waals surface area contributed by atoms with Crippen LogP contribution in [0.2, 0.25) is 0 Å². The Morgan fingerprint density at radius 1 is 1.28 bits per heavy atom. The van der Waals surface area contributed by atoms with Crippen molar-refractivity contribution in [2.75, 3.05) is 11.9 Å². The number of carboxylic acids is 1. The molecule has 1 aliphatic heterocycles. The number of hydrogen-bond acceptors (Lipinski definition) is 5. The van der Waals surface area contributed by atoms with Crippen molar-refractivity contribution in [2.45, 2.75) is 0 Å². The highest BCUT2D eigenvalue weighted by Crippen LogP contribution is 2.31. The van der Waals surface area contributed by atoms with Gasteiger partial charge in [-0.05, 0) is 48.2 Å². The zero-order valence-electron chi connectivity index (χ0n) is 13.2. The van der Waals surface area contributed by atoms with Crippen LogP contribution in [0.1, 0.15) is 16.1 Å². The first-order chi connectivity index (χ1) is 12.1. The smallest absolute Gasteiger partial charge is 0.337 e. The third-order valence-corrected chi connectivity index (χ3v) is 4.52. The summed E-state index contributed by atoms with van der Waals surface area (Å²) in [6, 6.07) is 10.2. The molecule has 0 radical (unpaired) electrons. The molecule has 2 aromatic rings. The quantitative estimate of drug-likeness (QED) is 0.844. The largest absolute Gasteiger partial charge is 0.478 e. The second kappa shape index (κ2) is 7.23. The van der Waals surface area contributed by atoms with Gasteiger partial charge in [0.15, 0.2) is 5.17 Å². The van der Waals surface area contributed by atoms with Gasteiger partial charge in [-0.25, -0.2) is 4.79 Å². The van der Waals surface area contributed by atoms with Crippen molar-refractivity contribution in [3.8, 4) is 0 Å². The summed E-state index contributed by atoms with van der Waals surface area (Å²) in [5, 5.41) is 9.73. The highest BCUT2D eigenvalue weighted by atomic mass is 32.2. The Morgan fingerprint density at radius 3 is 2.80 bits per heavy atom. The predicted octanol–water partition coefficient (Wildman–Crippen LogP) is 3.64. The number of aliphatic imine (C=N–C) groups is 1. The molecule has 0 fully saturated rings. The molecule has 1 N–H and O–H groups in total. The summed E-state index contributed by atoms with van der Waals surface area (Å²) in [6.07, 6.45) is 6.67. The molecule has 3 rings (SSSR count). The van der Waals surface area contributed by atoms with Crippen LogP contribution in [-0.2, 0) is 4.79 Å². The Bertz CT molecular complexity index is 898. The molecule has 0 unspecified atom stereocenters. The number of thioether (sulfide) groups is 1. The van der Waals surface area contributed by atoms with E-state index in [2.05, 4.69) is 4.99 Å². The molecule has 2 heterocycles. The van der Waals surface area contributed by atoms with Gasteiger partial charge in [0.05, 0.1) is 22.4 Å². The van der Waals surface area contributed by atoms with E-state index in [1.807, 2.05) is 0 Å². The molecule has 126 valence electrons. The fourth-order valence-corrected chi connectivity index (χ4v) is 3.06. The Morgan fingerprint density at radius 2 is 2.08 bits per heavy atom. The Hall–Kier alpha value is -3.06. The third kappa shape index (κ3) is 3.72. The molecule has 6 nitrogen and oxygen atoms in total. The van der Waals surface area contributed by atoms with Gasteiger partial charge in [-0.15, -0.1) is 0 Å². The highest BCUT2D eigenvalue weighted by Gasteiger charge is 2.26. The first-order valence-corrected chi connectivity index (χ1v) is 8.16. The number of aromatic carboxylic acids is 1. The van der Waals surface area contributed by atoms with Crippen LogP contribution in [0.3, 0.4) is 0 Å². The number of amidine groups is 1. The molecule has 7 heteroatoms. The van der Waals surface area contributed by atoms with Crippen LogP contribution in [0, 0.1) is 0 Å². The van der Waals surface area contributed by atoms with E-state index < -0.39 is 5.97 Å². The molecule has 1 aromatic heterocycles. The minimum atomic E-state index is -1.03. The van der Waals surface area contributed by atoms with E-state index in [4.69, 9.17) is 4.42 Å². The first kappa shape index (κ1) is 16.8. The molecular formula is C18H14N2O4S. The first-order valence-electron chi connectivity index (χ1n) is 7.35. The van der Waals surface area contributed by atoms with Crippen molar-refractivity contribution in [3.05, 3.63) is 71.0 Å². The number of hydrogen-bond donors (Lipinski definition) is 1. The van der Waals surface area contributed by atoms with E-state index in [0.717, 1.165) is 0 Å². The maximum absolute atomic E-state index is 12.1. The number of carbonyl (C=O) groups excluding carboxylic acids is 1. The summed E-state index contributed by atoms with van der Waals surface area (Å²) in [7, 11) is 1.68. The zero-order chi connectivity index (χ0) is 17.8. The molecule has 0 bridgehead atoms. The lowest BCUT2D eigenvalue weighted by atomic mass is 10.1. The highest BCUT2D eigenvalue weighted by molar-refractivity contribution is 8.18. The number of nitrogens with zero attached hydrogens (tertiary/aromatic N) is 2. The fraction of sp³-hybridized carbons (Fsp3) is 0.0556. The van der Waals surface area contributed by atoms with Crippen LogP contribution in [-0.4, -0.2) is 29.2 Å². The minimum Gasteiger partial charge on any atom is -0.478 e. The van der Waals surface area contributed by atoms with Crippen LogP contribution in [0.4, 0.5) is 5.69 Å². The molecule has 25 heavy (non-hydrogen) atoms. The van der Waals surface area contributed by atoms with Gasteiger partial charge in [-0.2, -0.15) is 4.99 Å². The predicted molar refractivity (Wildman–Crippen MR) is 97.7 cm³/mol. The van der Waals surface area contributed by atoms with Crippen molar-refractivity contribution in [1.29, 1.82) is 0 Å². The molecule has 1 aromatic carbocycles. The second-order valence-corrected chi connectivity index (χ2v) is 6.10. The molecule has 0 atom stereocenters. The zero-order valence-corrected chi connectivity index (χ0v) is 14.1. The SMILES string of the molecule is CN(C1=NC(=O)/C(=C\C=C\c2ccco2)S1)c1ccccc1C(=O)O. The van der Waals surface area contributed by atoms with Crippen LogP contribution in [0.15, 0.2) is 69.1 Å². The van der Waals surface area contributed by atoms with Gasteiger partial charge in [0, 0.05) is 7.05 Å². The maximum atomic E-state index is 12.1. The Balaban J connectivity index is 1.78. The van der Waals surface area contributed by atoms with Crippen LogP contribution in [0.25, 0.3) is 6.08 Å². The molecule has 0 aliphatic carbocycles. The van der Waals surface area contributed by atoms with Crippen molar-refractivity contribution in [1.82, 2.24) is 0 Å². The monoisotopic (exact) mass is 354 g/mol. The number of carbonyl (C=O) groups is 2. The van der Waals surface area contributed by atoms with Gasteiger partial charge in [-0.1, -0.05) is 18.2 Å². The van der Waals surface area contributed by atoms with Crippen LogP contribution in [0.5, 0.6) is 0 Å². The average Bonchev–Trinajstić information content (AvgIpc) is 3.24. The number of allylic oxidation sites excluding steroid dienone is 2. The maximum Gasteiger partial charge on any atom is 0.337 e. The number of amides is 1. The lowest BCUT2D eigenvalue weighted by Crippen LogP contribution is -2.24. The molecule has 1 aliphatic rings. The van der Waals surface area contributed by atoms with Gasteiger partial charge >= 0.3 is 5.97 Å². The molecule has 0 saturated heterocycles. The van der Waals surface area contributed by atoms with Crippen molar-refractivity contribution < 1.29 is 19.1 Å². The van der Waals surface area contributed by atoms with E-state index in [1.54, 1.807) is 66.8 Å². The molecular weight excluding hydrogens is 340 g/mol. The normalized spacial score (nSPS) is 15.8. The third-order valence-electron chi connectivity index (χ3n) is 3.44.